The van der Waals surface area contributed by atoms with Crippen LogP contribution < -0.4 is 10.6 Å². The number of amides is 1. The molecule has 2 N–H and O–H groups in total. The molecule has 0 aliphatic heterocycles. The number of aryl methyl sites for hydroxylation is 1. The summed E-state index contributed by atoms with van der Waals surface area (Å²) in [6.45, 7) is 2.98. The number of hydrogen-bond donors (Lipinski definition) is 2. The van der Waals surface area contributed by atoms with Crippen LogP contribution in [0.2, 0.25) is 0 Å². The Balaban J connectivity index is 1.83. The highest BCUT2D eigenvalue weighted by molar-refractivity contribution is 5.98. The van der Waals surface area contributed by atoms with Gasteiger partial charge in [-0.1, -0.05) is 31.7 Å². The Labute approximate surface area is 136 Å². The molecular formula is C17H25N3O3. The average molecular weight is 319 g/mol. The zero-order valence-electron chi connectivity index (χ0n) is 13.6. The van der Waals surface area contributed by atoms with Crippen LogP contribution in [-0.2, 0) is 0 Å². The molecule has 1 aliphatic carbocycles. The van der Waals surface area contributed by atoms with Crippen molar-refractivity contribution in [3.05, 3.63) is 39.4 Å². The predicted molar refractivity (Wildman–Crippen MR) is 89.7 cm³/mol. The van der Waals surface area contributed by atoms with E-state index in [2.05, 4.69) is 10.6 Å². The second kappa shape index (κ2) is 8.62. The lowest BCUT2D eigenvalue weighted by atomic mass is 10.1. The van der Waals surface area contributed by atoms with Gasteiger partial charge in [0.15, 0.2) is 0 Å². The van der Waals surface area contributed by atoms with E-state index in [4.69, 9.17) is 0 Å². The van der Waals surface area contributed by atoms with E-state index in [1.165, 1.54) is 44.6 Å². The fourth-order valence-corrected chi connectivity index (χ4v) is 3.02. The van der Waals surface area contributed by atoms with Crippen LogP contribution in [0.5, 0.6) is 0 Å². The second-order valence-electron chi connectivity index (χ2n) is 6.18. The minimum Gasteiger partial charge on any atom is -0.351 e. The molecule has 1 amide bonds. The average Bonchev–Trinajstić information content (AvgIpc) is 2.79. The Morgan fingerprint density at radius 3 is 2.57 bits per heavy atom. The Bertz CT molecular complexity index is 552. The van der Waals surface area contributed by atoms with Crippen LogP contribution in [0.4, 0.5) is 5.69 Å². The smallest absolute Gasteiger partial charge is 0.282 e. The summed E-state index contributed by atoms with van der Waals surface area (Å²) in [5.41, 5.74) is 0.812. The molecule has 6 nitrogen and oxygen atoms in total. The highest BCUT2D eigenvalue weighted by atomic mass is 16.6. The van der Waals surface area contributed by atoms with Crippen molar-refractivity contribution in [2.45, 2.75) is 51.5 Å². The van der Waals surface area contributed by atoms with Crippen molar-refractivity contribution >= 4 is 11.6 Å². The number of rotatable bonds is 6. The van der Waals surface area contributed by atoms with E-state index < -0.39 is 4.92 Å². The Morgan fingerprint density at radius 2 is 1.91 bits per heavy atom. The molecule has 0 saturated heterocycles. The van der Waals surface area contributed by atoms with Crippen LogP contribution in [0.25, 0.3) is 0 Å². The SMILES string of the molecule is Cc1ccc([N+](=O)[O-])c(C(=O)NCCNC2CCCCCC2)c1. The molecule has 1 saturated carbocycles. The van der Waals surface area contributed by atoms with E-state index in [9.17, 15) is 14.9 Å². The lowest BCUT2D eigenvalue weighted by molar-refractivity contribution is -0.385. The highest BCUT2D eigenvalue weighted by Gasteiger charge is 2.19. The van der Waals surface area contributed by atoms with Crippen molar-refractivity contribution < 1.29 is 9.72 Å². The molecule has 0 radical (unpaired) electrons. The molecule has 126 valence electrons. The summed E-state index contributed by atoms with van der Waals surface area (Å²) >= 11 is 0. The number of nitrogens with one attached hydrogen (secondary N) is 2. The van der Waals surface area contributed by atoms with Gasteiger partial charge >= 0.3 is 0 Å². The number of carbonyl (C=O) groups is 1. The second-order valence-corrected chi connectivity index (χ2v) is 6.18. The van der Waals surface area contributed by atoms with Gasteiger partial charge in [-0.2, -0.15) is 0 Å². The molecular weight excluding hydrogens is 294 g/mol. The minimum atomic E-state index is -0.516. The first-order valence-corrected chi connectivity index (χ1v) is 8.34. The van der Waals surface area contributed by atoms with Crippen LogP contribution >= 0.6 is 0 Å². The highest BCUT2D eigenvalue weighted by Crippen LogP contribution is 2.19. The molecule has 0 bridgehead atoms. The summed E-state index contributed by atoms with van der Waals surface area (Å²) in [5, 5.41) is 17.3. The molecule has 2 rings (SSSR count). The van der Waals surface area contributed by atoms with Gasteiger partial charge in [-0.3, -0.25) is 14.9 Å². The lowest BCUT2D eigenvalue weighted by Crippen LogP contribution is -2.37. The van der Waals surface area contributed by atoms with Crippen molar-refractivity contribution in [2.24, 2.45) is 0 Å². The Morgan fingerprint density at radius 1 is 1.22 bits per heavy atom. The summed E-state index contributed by atoms with van der Waals surface area (Å²) in [6.07, 6.45) is 7.53. The number of nitrogens with zero attached hydrogens (tertiary/aromatic N) is 1. The fraction of sp³-hybridized carbons (Fsp3) is 0.588. The van der Waals surface area contributed by atoms with Gasteiger partial charge in [-0.25, -0.2) is 0 Å². The minimum absolute atomic E-state index is 0.129. The van der Waals surface area contributed by atoms with Crippen LogP contribution in [0.1, 0.15) is 54.4 Å². The third-order valence-electron chi connectivity index (χ3n) is 4.29. The zero-order chi connectivity index (χ0) is 16.7. The third kappa shape index (κ3) is 5.32. The molecule has 0 atom stereocenters. The first-order valence-electron chi connectivity index (χ1n) is 8.34. The monoisotopic (exact) mass is 319 g/mol. The van der Waals surface area contributed by atoms with Gasteiger partial charge in [0.1, 0.15) is 5.56 Å². The fourth-order valence-electron chi connectivity index (χ4n) is 3.02. The van der Waals surface area contributed by atoms with E-state index in [1.807, 2.05) is 6.92 Å². The van der Waals surface area contributed by atoms with Crippen molar-refractivity contribution in [2.75, 3.05) is 13.1 Å². The van der Waals surface area contributed by atoms with E-state index in [0.717, 1.165) is 5.56 Å². The van der Waals surface area contributed by atoms with Gasteiger partial charge in [0.2, 0.25) is 0 Å². The molecule has 0 heterocycles. The summed E-state index contributed by atoms with van der Waals surface area (Å²) < 4.78 is 0. The number of nitro benzene ring substituents is 1. The molecule has 1 aromatic carbocycles. The molecule has 23 heavy (non-hydrogen) atoms. The largest absolute Gasteiger partial charge is 0.351 e. The topological polar surface area (TPSA) is 84.3 Å². The molecule has 0 aromatic heterocycles. The number of carbonyl (C=O) groups excluding carboxylic acids is 1. The van der Waals surface area contributed by atoms with Crippen LogP contribution in [0.3, 0.4) is 0 Å². The number of hydrogen-bond acceptors (Lipinski definition) is 4. The third-order valence-corrected chi connectivity index (χ3v) is 4.29. The quantitative estimate of drug-likeness (QED) is 0.365. The zero-order valence-corrected chi connectivity index (χ0v) is 13.6. The molecule has 0 spiro atoms. The van der Waals surface area contributed by atoms with E-state index in [-0.39, 0.29) is 17.2 Å². The van der Waals surface area contributed by atoms with Gasteiger partial charge in [-0.05, 0) is 31.4 Å². The normalized spacial score (nSPS) is 15.9. The van der Waals surface area contributed by atoms with Crippen molar-refractivity contribution in [1.82, 2.24) is 10.6 Å². The van der Waals surface area contributed by atoms with Crippen LogP contribution in [0.15, 0.2) is 18.2 Å². The van der Waals surface area contributed by atoms with Gasteiger partial charge in [0.05, 0.1) is 4.92 Å². The van der Waals surface area contributed by atoms with Crippen LogP contribution in [0, 0.1) is 17.0 Å². The maximum absolute atomic E-state index is 12.2. The summed E-state index contributed by atoms with van der Waals surface area (Å²) in [6, 6.07) is 5.12. The maximum Gasteiger partial charge on any atom is 0.282 e. The van der Waals surface area contributed by atoms with E-state index in [1.54, 1.807) is 12.1 Å². The summed E-state index contributed by atoms with van der Waals surface area (Å²) in [7, 11) is 0. The standard InChI is InChI=1S/C17H25N3O3/c1-13-8-9-16(20(22)23)15(12-13)17(21)19-11-10-18-14-6-4-2-3-5-7-14/h8-9,12,14,18H,2-7,10-11H2,1H3,(H,19,21). The van der Waals surface area contributed by atoms with Crippen molar-refractivity contribution in [1.29, 1.82) is 0 Å². The van der Waals surface area contributed by atoms with Crippen molar-refractivity contribution in [3.63, 3.8) is 0 Å². The summed E-state index contributed by atoms with van der Waals surface area (Å²) in [5.74, 6) is -0.386. The predicted octanol–water partition coefficient (Wildman–Crippen LogP) is 2.95. The number of nitro groups is 1. The molecule has 0 unspecified atom stereocenters. The number of benzene rings is 1. The van der Waals surface area contributed by atoms with E-state index in [0.29, 0.717) is 19.1 Å². The lowest BCUT2D eigenvalue weighted by Gasteiger charge is -2.16. The first kappa shape index (κ1) is 17.4. The summed E-state index contributed by atoms with van der Waals surface area (Å²) in [4.78, 5) is 22.7. The maximum atomic E-state index is 12.2. The molecule has 1 fully saturated rings. The van der Waals surface area contributed by atoms with Gasteiger partial charge in [0.25, 0.3) is 11.6 Å². The van der Waals surface area contributed by atoms with E-state index >= 15 is 0 Å². The molecule has 1 aliphatic rings. The van der Waals surface area contributed by atoms with Gasteiger partial charge < -0.3 is 10.6 Å². The first-order chi connectivity index (χ1) is 11.1. The molecule has 6 heteroatoms. The Kier molecular flexibility index (Phi) is 6.52. The van der Waals surface area contributed by atoms with Gasteiger partial charge in [0, 0.05) is 25.2 Å². The van der Waals surface area contributed by atoms with Crippen molar-refractivity contribution in [3.8, 4) is 0 Å². The van der Waals surface area contributed by atoms with Gasteiger partial charge in [-0.15, -0.1) is 0 Å². The van der Waals surface area contributed by atoms with Crippen LogP contribution in [-0.4, -0.2) is 30.0 Å². The Hall–Kier alpha value is -1.95. The molecule has 1 aromatic rings.